The molecule has 39 heavy (non-hydrogen) atoms. The maximum Gasteiger partial charge on any atom is 0.416 e. The van der Waals surface area contributed by atoms with E-state index in [2.05, 4.69) is 5.32 Å². The van der Waals surface area contributed by atoms with Gasteiger partial charge in [-0.25, -0.2) is 4.79 Å². The summed E-state index contributed by atoms with van der Waals surface area (Å²) in [4.78, 5) is 39.2. The van der Waals surface area contributed by atoms with Gasteiger partial charge in [0.2, 0.25) is 11.8 Å². The topological polar surface area (TPSA) is 111 Å². The number of nitrogens with two attached hydrogens (primary N) is 1. The van der Waals surface area contributed by atoms with Crippen molar-refractivity contribution in [2.45, 2.75) is 70.4 Å². The minimum absolute atomic E-state index is 0.0639. The number of rotatable bonds is 11. The van der Waals surface area contributed by atoms with Gasteiger partial charge in [0, 0.05) is 13.1 Å². The van der Waals surface area contributed by atoms with Crippen LogP contribution in [0.2, 0.25) is 0 Å². The Morgan fingerprint density at radius 3 is 2.44 bits per heavy atom. The summed E-state index contributed by atoms with van der Waals surface area (Å²) in [6, 6.07) is 9.92. The van der Waals surface area contributed by atoms with Crippen LogP contribution >= 0.6 is 0 Å². The van der Waals surface area contributed by atoms with E-state index in [-0.39, 0.29) is 31.0 Å². The molecule has 1 unspecified atom stereocenters. The Kier molecular flexibility index (Phi) is 10.3. The van der Waals surface area contributed by atoms with Gasteiger partial charge in [-0.1, -0.05) is 37.3 Å². The van der Waals surface area contributed by atoms with Gasteiger partial charge in [0.1, 0.15) is 11.8 Å². The monoisotopic (exact) mass is 549 g/mol. The number of amides is 2. The quantitative estimate of drug-likeness (QED) is 0.415. The van der Waals surface area contributed by atoms with Crippen LogP contribution in [0.3, 0.4) is 0 Å². The fraction of sp³-hybridized carbons (Fsp3) is 0.464. The molecule has 3 N–H and O–H groups in total. The van der Waals surface area contributed by atoms with Gasteiger partial charge in [-0.2, -0.15) is 13.2 Å². The highest BCUT2D eigenvalue weighted by atomic mass is 19.4. The fourth-order valence-corrected chi connectivity index (χ4v) is 4.51. The molecule has 0 aromatic heterocycles. The number of carbonyl (C=O) groups is 3. The summed E-state index contributed by atoms with van der Waals surface area (Å²) in [5.74, 6) is -0.870. The number of ether oxygens (including phenoxy) is 2. The number of nitrogens with zero attached hydrogens (tertiary/aromatic N) is 1. The van der Waals surface area contributed by atoms with Crippen LogP contribution in [0.25, 0.3) is 0 Å². The zero-order valence-electron chi connectivity index (χ0n) is 22.0. The molecule has 1 saturated heterocycles. The number of carbonyl (C=O) groups excluding carboxylic acids is 3. The first kappa shape index (κ1) is 29.9. The van der Waals surface area contributed by atoms with Gasteiger partial charge >= 0.3 is 12.1 Å². The van der Waals surface area contributed by atoms with E-state index >= 15 is 0 Å². The van der Waals surface area contributed by atoms with Crippen LogP contribution in [-0.4, -0.2) is 54.0 Å². The molecule has 1 heterocycles. The number of esters is 1. The van der Waals surface area contributed by atoms with Gasteiger partial charge in [0.15, 0.2) is 6.10 Å². The van der Waals surface area contributed by atoms with Crippen LogP contribution in [-0.2, 0) is 38.3 Å². The lowest BCUT2D eigenvalue weighted by Crippen LogP contribution is -2.51. The number of halogens is 3. The van der Waals surface area contributed by atoms with Gasteiger partial charge in [-0.05, 0) is 61.9 Å². The van der Waals surface area contributed by atoms with Gasteiger partial charge in [0.25, 0.3) is 0 Å². The molecular weight excluding hydrogens is 515 g/mol. The lowest BCUT2D eigenvalue weighted by molar-refractivity contribution is -0.151. The van der Waals surface area contributed by atoms with Crippen molar-refractivity contribution in [1.29, 1.82) is 0 Å². The van der Waals surface area contributed by atoms with Crippen LogP contribution < -0.4 is 15.8 Å². The third-order valence-corrected chi connectivity index (χ3v) is 6.51. The minimum atomic E-state index is -4.56. The Balaban J connectivity index is 1.56. The van der Waals surface area contributed by atoms with Crippen molar-refractivity contribution in [3.8, 4) is 5.75 Å². The largest absolute Gasteiger partial charge is 0.479 e. The Morgan fingerprint density at radius 1 is 1.10 bits per heavy atom. The van der Waals surface area contributed by atoms with E-state index < -0.39 is 41.8 Å². The standard InChI is InChI=1S/C28H34F3N3O5/c1-3-24(27(37)38-4-2)39-20-13-11-18(12-14-20)17-33-25(35)23-10-7-15-34(23)26(36)22(32)16-19-8-5-6-9-21(19)28(29,30)31/h5-6,8-9,11-14,22-24H,3-4,7,10,15-17,32H2,1-2H3,(H,33,35)/t22-,23-,24?/m0/s1. The summed E-state index contributed by atoms with van der Waals surface area (Å²) in [5, 5.41) is 2.81. The van der Waals surface area contributed by atoms with Crippen molar-refractivity contribution in [3.63, 3.8) is 0 Å². The maximum absolute atomic E-state index is 13.3. The van der Waals surface area contributed by atoms with Crippen LogP contribution in [0.5, 0.6) is 5.75 Å². The summed E-state index contributed by atoms with van der Waals surface area (Å²) in [5.41, 5.74) is 5.91. The highest BCUT2D eigenvalue weighted by Crippen LogP contribution is 2.32. The van der Waals surface area contributed by atoms with E-state index in [9.17, 15) is 27.6 Å². The van der Waals surface area contributed by atoms with E-state index in [1.165, 1.54) is 23.1 Å². The smallest absolute Gasteiger partial charge is 0.416 e. The van der Waals surface area contributed by atoms with Gasteiger partial charge < -0.3 is 25.4 Å². The number of benzene rings is 2. The van der Waals surface area contributed by atoms with E-state index in [1.54, 1.807) is 31.2 Å². The average molecular weight is 550 g/mol. The molecule has 1 aliphatic rings. The lowest BCUT2D eigenvalue weighted by Gasteiger charge is -2.27. The van der Waals surface area contributed by atoms with Gasteiger partial charge in [-0.3, -0.25) is 9.59 Å². The molecule has 2 aromatic carbocycles. The Morgan fingerprint density at radius 2 is 1.79 bits per heavy atom. The van der Waals surface area contributed by atoms with E-state index in [0.29, 0.717) is 31.6 Å². The van der Waals surface area contributed by atoms with Crippen LogP contribution in [0.1, 0.15) is 49.8 Å². The lowest BCUT2D eigenvalue weighted by atomic mass is 9.99. The molecule has 0 aliphatic carbocycles. The molecule has 8 nitrogen and oxygen atoms in total. The number of hydrogen-bond acceptors (Lipinski definition) is 6. The Bertz CT molecular complexity index is 1140. The van der Waals surface area contributed by atoms with Crippen LogP contribution in [0, 0.1) is 0 Å². The zero-order valence-corrected chi connectivity index (χ0v) is 22.0. The Labute approximate surface area is 225 Å². The second kappa shape index (κ2) is 13.5. The summed E-state index contributed by atoms with van der Waals surface area (Å²) in [6.45, 7) is 4.30. The molecule has 3 atom stereocenters. The zero-order chi connectivity index (χ0) is 28.6. The van der Waals surface area contributed by atoms with Crippen molar-refractivity contribution in [2.24, 2.45) is 5.73 Å². The second-order valence-electron chi connectivity index (χ2n) is 9.28. The highest BCUT2D eigenvalue weighted by Gasteiger charge is 2.38. The first-order valence-corrected chi connectivity index (χ1v) is 13.0. The van der Waals surface area contributed by atoms with Crippen molar-refractivity contribution in [3.05, 3.63) is 65.2 Å². The number of likely N-dealkylation sites (tertiary alicyclic amines) is 1. The molecule has 212 valence electrons. The molecule has 0 saturated carbocycles. The van der Waals surface area contributed by atoms with Gasteiger partial charge in [0.05, 0.1) is 18.2 Å². The molecule has 11 heteroatoms. The second-order valence-corrected chi connectivity index (χ2v) is 9.28. The highest BCUT2D eigenvalue weighted by molar-refractivity contribution is 5.90. The fourth-order valence-electron chi connectivity index (χ4n) is 4.51. The normalized spacial score (nSPS) is 16.9. The van der Waals surface area contributed by atoms with Crippen molar-refractivity contribution < 1.29 is 37.0 Å². The van der Waals surface area contributed by atoms with Crippen LogP contribution in [0.4, 0.5) is 13.2 Å². The summed E-state index contributed by atoms with van der Waals surface area (Å²) >= 11 is 0. The predicted molar refractivity (Wildman–Crippen MR) is 137 cm³/mol. The minimum Gasteiger partial charge on any atom is -0.479 e. The third kappa shape index (κ3) is 7.95. The summed E-state index contributed by atoms with van der Waals surface area (Å²) in [7, 11) is 0. The molecule has 1 aliphatic heterocycles. The molecular formula is C28H34F3N3O5. The average Bonchev–Trinajstić information content (AvgIpc) is 3.40. The number of nitrogens with one attached hydrogen (secondary N) is 1. The van der Waals surface area contributed by atoms with Crippen molar-refractivity contribution >= 4 is 17.8 Å². The summed E-state index contributed by atoms with van der Waals surface area (Å²) in [6.07, 6.45) is -4.09. The van der Waals surface area contributed by atoms with Crippen LogP contribution in [0.15, 0.2) is 48.5 Å². The Hall–Kier alpha value is -3.60. The van der Waals surface area contributed by atoms with E-state index in [1.807, 2.05) is 6.92 Å². The van der Waals surface area contributed by atoms with Crippen molar-refractivity contribution in [1.82, 2.24) is 10.2 Å². The molecule has 2 amide bonds. The van der Waals surface area contributed by atoms with Crippen molar-refractivity contribution in [2.75, 3.05) is 13.2 Å². The molecule has 0 radical (unpaired) electrons. The maximum atomic E-state index is 13.3. The third-order valence-electron chi connectivity index (χ3n) is 6.51. The molecule has 3 rings (SSSR count). The van der Waals surface area contributed by atoms with E-state index in [4.69, 9.17) is 15.2 Å². The molecule has 2 aromatic rings. The first-order chi connectivity index (χ1) is 18.5. The SMILES string of the molecule is CCOC(=O)C(CC)Oc1ccc(CNC(=O)[C@@H]2CCCN2C(=O)[C@@H](N)Cc2ccccc2C(F)(F)F)cc1. The van der Waals surface area contributed by atoms with E-state index in [0.717, 1.165) is 11.6 Å². The molecule has 0 spiro atoms. The number of hydrogen-bond donors (Lipinski definition) is 2. The first-order valence-electron chi connectivity index (χ1n) is 13.0. The molecule has 1 fully saturated rings. The number of alkyl halides is 3. The molecule has 0 bridgehead atoms. The predicted octanol–water partition coefficient (Wildman–Crippen LogP) is 3.60. The summed E-state index contributed by atoms with van der Waals surface area (Å²) < 4.78 is 50.7. The van der Waals surface area contributed by atoms with Gasteiger partial charge in [-0.15, -0.1) is 0 Å².